The summed E-state index contributed by atoms with van der Waals surface area (Å²) < 4.78 is 0. The van der Waals surface area contributed by atoms with Gasteiger partial charge in [0.25, 0.3) is 5.91 Å². The Bertz CT molecular complexity index is 967. The van der Waals surface area contributed by atoms with Crippen molar-refractivity contribution in [3.63, 3.8) is 0 Å². The molecule has 0 radical (unpaired) electrons. The Balaban J connectivity index is 1.57. The number of nitrogens with zero attached hydrogens (tertiary/aromatic N) is 2. The van der Waals surface area contributed by atoms with Gasteiger partial charge in [-0.3, -0.25) is 4.79 Å². The third-order valence-electron chi connectivity index (χ3n) is 4.53. The number of fused-ring (bicyclic) bond motifs is 1. The van der Waals surface area contributed by atoms with Crippen LogP contribution in [-0.4, -0.2) is 23.2 Å². The number of thiophene rings is 1. The van der Waals surface area contributed by atoms with Crippen LogP contribution in [0.5, 0.6) is 0 Å². The molecule has 0 saturated carbocycles. The number of thioether (sulfide) groups is 1. The molecule has 1 amide bonds. The smallest absolute Gasteiger partial charge is 0.265 e. The normalized spacial score (nSPS) is 13.4. The molecule has 0 spiro atoms. The molecule has 1 aliphatic rings. The highest BCUT2D eigenvalue weighted by molar-refractivity contribution is 7.99. The molecule has 4 nitrogen and oxygen atoms in total. The number of hydrogen-bond donors (Lipinski definition) is 1. The highest BCUT2D eigenvalue weighted by Gasteiger charge is 2.22. The van der Waals surface area contributed by atoms with Crippen LogP contribution in [-0.2, 0) is 0 Å². The molecule has 0 unspecified atom stereocenters. The Morgan fingerprint density at radius 2 is 2.04 bits per heavy atom. The van der Waals surface area contributed by atoms with Gasteiger partial charge in [0.05, 0.1) is 15.6 Å². The summed E-state index contributed by atoms with van der Waals surface area (Å²) >= 11 is 3.29. The molecule has 4 rings (SSSR count). The monoisotopic (exact) mass is 381 g/mol. The van der Waals surface area contributed by atoms with Gasteiger partial charge in [-0.1, -0.05) is 12.1 Å². The molecule has 1 aliphatic heterocycles. The van der Waals surface area contributed by atoms with Gasteiger partial charge in [-0.2, -0.15) is 0 Å². The Kier molecular flexibility index (Phi) is 4.70. The van der Waals surface area contributed by atoms with E-state index in [9.17, 15) is 4.79 Å². The number of anilines is 3. The number of aryl methyl sites for hydroxylation is 1. The summed E-state index contributed by atoms with van der Waals surface area (Å²) in [6, 6.07) is 13.9. The van der Waals surface area contributed by atoms with E-state index in [1.54, 1.807) is 11.8 Å². The van der Waals surface area contributed by atoms with Crippen LogP contribution in [0.3, 0.4) is 0 Å². The van der Waals surface area contributed by atoms with E-state index >= 15 is 0 Å². The van der Waals surface area contributed by atoms with Crippen molar-refractivity contribution in [2.45, 2.75) is 18.9 Å². The first kappa shape index (κ1) is 17.1. The Morgan fingerprint density at radius 3 is 2.92 bits per heavy atom. The molecule has 3 aromatic rings. The van der Waals surface area contributed by atoms with E-state index in [2.05, 4.69) is 21.3 Å². The SMILES string of the molecule is Cc1cccc(NC(=O)c2ccc(N3CCSc4ncccc43)s2)c1C. The molecule has 3 heterocycles. The van der Waals surface area contributed by atoms with Crippen LogP contribution in [0.1, 0.15) is 20.8 Å². The fourth-order valence-electron chi connectivity index (χ4n) is 2.95. The zero-order chi connectivity index (χ0) is 18.1. The quantitative estimate of drug-likeness (QED) is 0.672. The number of nitrogens with one attached hydrogen (secondary N) is 1. The highest BCUT2D eigenvalue weighted by atomic mass is 32.2. The molecular weight excluding hydrogens is 362 g/mol. The van der Waals surface area contributed by atoms with E-state index in [0.717, 1.165) is 39.3 Å². The predicted octanol–water partition coefficient (Wildman–Crippen LogP) is 5.26. The average molecular weight is 382 g/mol. The molecule has 2 aromatic heterocycles. The molecule has 1 aromatic carbocycles. The van der Waals surface area contributed by atoms with Gasteiger partial charge >= 0.3 is 0 Å². The van der Waals surface area contributed by atoms with Crippen molar-refractivity contribution in [3.8, 4) is 0 Å². The van der Waals surface area contributed by atoms with Crippen molar-refractivity contribution < 1.29 is 4.79 Å². The molecule has 0 aliphatic carbocycles. The van der Waals surface area contributed by atoms with Crippen LogP contribution in [0.25, 0.3) is 0 Å². The minimum atomic E-state index is -0.0623. The molecule has 0 bridgehead atoms. The zero-order valence-corrected chi connectivity index (χ0v) is 16.3. The van der Waals surface area contributed by atoms with Crippen LogP contribution >= 0.6 is 23.1 Å². The van der Waals surface area contributed by atoms with Crippen molar-refractivity contribution in [1.82, 2.24) is 4.98 Å². The molecule has 0 saturated heterocycles. The van der Waals surface area contributed by atoms with Gasteiger partial charge < -0.3 is 10.2 Å². The van der Waals surface area contributed by atoms with Gasteiger partial charge in [0, 0.05) is 24.2 Å². The van der Waals surface area contributed by atoms with Crippen molar-refractivity contribution >= 4 is 45.4 Å². The maximum absolute atomic E-state index is 12.7. The number of carbonyl (C=O) groups is 1. The molecule has 6 heteroatoms. The average Bonchev–Trinajstić information content (AvgIpc) is 3.15. The van der Waals surface area contributed by atoms with Crippen LogP contribution < -0.4 is 10.2 Å². The highest BCUT2D eigenvalue weighted by Crippen LogP contribution is 2.40. The van der Waals surface area contributed by atoms with Crippen LogP contribution in [0.4, 0.5) is 16.4 Å². The fraction of sp³-hybridized carbons (Fsp3) is 0.200. The lowest BCUT2D eigenvalue weighted by Crippen LogP contribution is -2.23. The van der Waals surface area contributed by atoms with Gasteiger partial charge in [0.1, 0.15) is 5.03 Å². The Hall–Kier alpha value is -2.31. The van der Waals surface area contributed by atoms with Crippen LogP contribution in [0.2, 0.25) is 0 Å². The third-order valence-corrected chi connectivity index (χ3v) is 6.61. The summed E-state index contributed by atoms with van der Waals surface area (Å²) in [5.74, 6) is 0.930. The zero-order valence-electron chi connectivity index (χ0n) is 14.7. The number of carbonyl (C=O) groups excluding carboxylic acids is 1. The van der Waals surface area contributed by atoms with E-state index in [4.69, 9.17) is 0 Å². The first-order valence-electron chi connectivity index (χ1n) is 8.46. The first-order valence-corrected chi connectivity index (χ1v) is 10.3. The minimum absolute atomic E-state index is 0.0623. The van der Waals surface area contributed by atoms with E-state index in [-0.39, 0.29) is 5.91 Å². The Morgan fingerprint density at radius 1 is 1.15 bits per heavy atom. The topological polar surface area (TPSA) is 45.2 Å². The fourth-order valence-corrected chi connectivity index (χ4v) is 4.82. The minimum Gasteiger partial charge on any atom is -0.330 e. The largest absolute Gasteiger partial charge is 0.330 e. The van der Waals surface area contributed by atoms with Crippen molar-refractivity contribution in [2.24, 2.45) is 0 Å². The van der Waals surface area contributed by atoms with E-state index in [1.165, 1.54) is 16.9 Å². The summed E-state index contributed by atoms with van der Waals surface area (Å²) in [4.78, 5) is 20.1. The summed E-state index contributed by atoms with van der Waals surface area (Å²) in [5.41, 5.74) is 4.26. The molecule has 26 heavy (non-hydrogen) atoms. The second kappa shape index (κ2) is 7.13. The van der Waals surface area contributed by atoms with E-state index in [1.807, 2.05) is 56.4 Å². The molecule has 0 atom stereocenters. The second-order valence-corrected chi connectivity index (χ2v) is 8.31. The maximum Gasteiger partial charge on any atom is 0.265 e. The molecule has 132 valence electrons. The number of rotatable bonds is 3. The Labute approximate surface area is 161 Å². The second-order valence-electron chi connectivity index (χ2n) is 6.17. The standard InChI is InChI=1S/C20H19N3OS2/c1-13-5-3-6-15(14(13)2)22-19(24)17-8-9-18(26-17)23-11-12-25-20-16(23)7-4-10-21-20/h3-10H,11-12H2,1-2H3,(H,22,24). The number of aromatic nitrogens is 1. The summed E-state index contributed by atoms with van der Waals surface area (Å²) in [6.07, 6.45) is 1.83. The van der Waals surface area contributed by atoms with Crippen LogP contribution in [0, 0.1) is 13.8 Å². The van der Waals surface area contributed by atoms with Crippen molar-refractivity contribution in [1.29, 1.82) is 0 Å². The lowest BCUT2D eigenvalue weighted by Gasteiger charge is -2.28. The van der Waals surface area contributed by atoms with Gasteiger partial charge in [-0.25, -0.2) is 4.98 Å². The molecule has 0 fully saturated rings. The first-order chi connectivity index (χ1) is 12.6. The molecular formula is C20H19N3OS2. The van der Waals surface area contributed by atoms with E-state index in [0.29, 0.717) is 4.88 Å². The number of hydrogen-bond acceptors (Lipinski definition) is 5. The van der Waals surface area contributed by atoms with Gasteiger partial charge in [0.15, 0.2) is 0 Å². The lowest BCUT2D eigenvalue weighted by molar-refractivity contribution is 0.103. The number of pyridine rings is 1. The summed E-state index contributed by atoms with van der Waals surface area (Å²) in [7, 11) is 0. The summed E-state index contributed by atoms with van der Waals surface area (Å²) in [6.45, 7) is 5.00. The lowest BCUT2D eigenvalue weighted by atomic mass is 10.1. The number of benzene rings is 1. The van der Waals surface area contributed by atoms with Crippen molar-refractivity contribution in [2.75, 3.05) is 22.5 Å². The summed E-state index contributed by atoms with van der Waals surface area (Å²) in [5, 5.41) is 5.16. The molecule has 1 N–H and O–H groups in total. The van der Waals surface area contributed by atoms with Crippen molar-refractivity contribution in [3.05, 3.63) is 64.7 Å². The van der Waals surface area contributed by atoms with Gasteiger partial charge in [-0.15, -0.1) is 23.1 Å². The third kappa shape index (κ3) is 3.22. The predicted molar refractivity (Wildman–Crippen MR) is 110 cm³/mol. The van der Waals surface area contributed by atoms with Gasteiger partial charge in [0.2, 0.25) is 0 Å². The number of amides is 1. The van der Waals surface area contributed by atoms with Gasteiger partial charge in [-0.05, 0) is 55.3 Å². The van der Waals surface area contributed by atoms with E-state index < -0.39 is 0 Å². The maximum atomic E-state index is 12.7. The van der Waals surface area contributed by atoms with Crippen LogP contribution in [0.15, 0.2) is 53.7 Å².